The van der Waals surface area contributed by atoms with Gasteiger partial charge in [-0.15, -0.1) is 0 Å². The SMILES string of the molecule is CNC[C@H](CC1CCCCC1)NC(=O)N1CCC[C@@](C)([C@](O)(CCCCOC)c2ccccc2)C1. The van der Waals surface area contributed by atoms with Gasteiger partial charge in [-0.2, -0.15) is 0 Å². The number of rotatable bonds is 12. The molecule has 0 radical (unpaired) electrons. The fraction of sp³-hybridized carbons (Fsp3) is 0.759. The van der Waals surface area contributed by atoms with Crippen LogP contribution in [0.15, 0.2) is 30.3 Å². The number of likely N-dealkylation sites (tertiary alicyclic amines) is 1. The van der Waals surface area contributed by atoms with E-state index in [1.165, 1.54) is 32.1 Å². The molecule has 1 aromatic carbocycles. The minimum atomic E-state index is -0.993. The smallest absolute Gasteiger partial charge is 0.317 e. The molecule has 1 aromatic rings. The Bertz CT molecular complexity index is 755. The van der Waals surface area contributed by atoms with E-state index >= 15 is 0 Å². The second kappa shape index (κ2) is 13.6. The van der Waals surface area contributed by atoms with E-state index in [9.17, 15) is 9.90 Å². The van der Waals surface area contributed by atoms with Gasteiger partial charge >= 0.3 is 6.03 Å². The second-order valence-corrected chi connectivity index (χ2v) is 11.2. The van der Waals surface area contributed by atoms with Gasteiger partial charge in [0, 0.05) is 44.8 Å². The van der Waals surface area contributed by atoms with Crippen LogP contribution in [0.3, 0.4) is 0 Å². The number of hydrogen-bond donors (Lipinski definition) is 3. The molecule has 3 rings (SSSR count). The van der Waals surface area contributed by atoms with E-state index < -0.39 is 11.0 Å². The number of ether oxygens (including phenoxy) is 1. The van der Waals surface area contributed by atoms with Crippen molar-refractivity contribution in [3.63, 3.8) is 0 Å². The van der Waals surface area contributed by atoms with Gasteiger partial charge in [-0.1, -0.05) is 69.4 Å². The average molecular weight is 488 g/mol. The minimum Gasteiger partial charge on any atom is -0.385 e. The summed E-state index contributed by atoms with van der Waals surface area (Å²) in [5.41, 5.74) is -0.459. The molecular weight excluding hydrogens is 438 g/mol. The maximum Gasteiger partial charge on any atom is 0.317 e. The Morgan fingerprint density at radius 3 is 2.63 bits per heavy atom. The van der Waals surface area contributed by atoms with Gasteiger partial charge < -0.3 is 25.4 Å². The molecule has 2 amide bonds. The standard InChI is InChI=1S/C29H49N3O3/c1-28(29(34,18-10-11-20-35-3)25-15-8-5-9-16-25)17-12-19-32(23-28)27(33)31-26(22-30-2)21-24-13-6-4-7-14-24/h5,8-9,15-16,24,26,30,34H,4,6-7,10-14,17-23H2,1-3H3,(H,31,33)/t26-,28+,29-/m0/s1. The maximum absolute atomic E-state index is 13.5. The molecule has 1 aliphatic carbocycles. The topological polar surface area (TPSA) is 73.8 Å². The van der Waals surface area contributed by atoms with Crippen LogP contribution in [0.2, 0.25) is 0 Å². The summed E-state index contributed by atoms with van der Waals surface area (Å²) in [5, 5.41) is 18.9. The minimum absolute atomic E-state index is 0.0155. The summed E-state index contributed by atoms with van der Waals surface area (Å²) < 4.78 is 5.24. The molecule has 198 valence electrons. The van der Waals surface area contributed by atoms with E-state index in [1.54, 1.807) is 7.11 Å². The fourth-order valence-corrected chi connectivity index (χ4v) is 6.42. The van der Waals surface area contributed by atoms with Crippen molar-refractivity contribution in [3.8, 4) is 0 Å². The van der Waals surface area contributed by atoms with Crippen molar-refractivity contribution in [3.05, 3.63) is 35.9 Å². The Morgan fingerprint density at radius 2 is 1.94 bits per heavy atom. The molecular formula is C29H49N3O3. The van der Waals surface area contributed by atoms with Gasteiger partial charge in [0.15, 0.2) is 0 Å². The first-order valence-electron chi connectivity index (χ1n) is 13.9. The van der Waals surface area contributed by atoms with Crippen LogP contribution in [0.1, 0.15) is 83.1 Å². The third-order valence-electron chi connectivity index (χ3n) is 8.49. The van der Waals surface area contributed by atoms with E-state index in [0.717, 1.165) is 50.8 Å². The van der Waals surface area contributed by atoms with Crippen LogP contribution < -0.4 is 10.6 Å². The fourth-order valence-electron chi connectivity index (χ4n) is 6.42. The molecule has 1 saturated heterocycles. The summed E-state index contributed by atoms with van der Waals surface area (Å²) in [5.74, 6) is 0.712. The highest BCUT2D eigenvalue weighted by Crippen LogP contribution is 2.48. The second-order valence-electron chi connectivity index (χ2n) is 11.2. The third-order valence-corrected chi connectivity index (χ3v) is 8.49. The molecule has 1 heterocycles. The predicted molar refractivity (Wildman–Crippen MR) is 142 cm³/mol. The summed E-state index contributed by atoms with van der Waals surface area (Å²) in [6, 6.07) is 10.2. The van der Waals surface area contributed by atoms with Gasteiger partial charge in [0.2, 0.25) is 0 Å². The summed E-state index contributed by atoms with van der Waals surface area (Å²) >= 11 is 0. The molecule has 2 fully saturated rings. The Morgan fingerprint density at radius 1 is 1.20 bits per heavy atom. The number of piperidine rings is 1. The molecule has 0 bridgehead atoms. The zero-order valence-corrected chi connectivity index (χ0v) is 22.4. The highest BCUT2D eigenvalue weighted by atomic mass is 16.5. The molecule has 2 aliphatic rings. The molecule has 1 aliphatic heterocycles. The van der Waals surface area contributed by atoms with Gasteiger partial charge in [0.25, 0.3) is 0 Å². The van der Waals surface area contributed by atoms with Crippen LogP contribution in [0, 0.1) is 11.3 Å². The molecule has 3 atom stereocenters. The zero-order chi connectivity index (χ0) is 25.2. The Labute approximate surface area is 213 Å². The number of unbranched alkanes of at least 4 members (excludes halogenated alkanes) is 1. The lowest BCUT2D eigenvalue weighted by molar-refractivity contribution is -0.116. The van der Waals surface area contributed by atoms with E-state index in [1.807, 2.05) is 42.3 Å². The maximum atomic E-state index is 13.5. The number of nitrogens with one attached hydrogen (secondary N) is 2. The zero-order valence-electron chi connectivity index (χ0n) is 22.4. The van der Waals surface area contributed by atoms with Crippen LogP contribution in [0.5, 0.6) is 0 Å². The molecule has 6 heteroatoms. The van der Waals surface area contributed by atoms with E-state index in [-0.39, 0.29) is 12.1 Å². The summed E-state index contributed by atoms with van der Waals surface area (Å²) in [4.78, 5) is 15.4. The summed E-state index contributed by atoms with van der Waals surface area (Å²) in [6.07, 6.45) is 11.9. The molecule has 1 saturated carbocycles. The van der Waals surface area contributed by atoms with E-state index in [2.05, 4.69) is 17.6 Å². The lowest BCUT2D eigenvalue weighted by Gasteiger charge is -2.51. The van der Waals surface area contributed by atoms with Crippen molar-refractivity contribution in [2.24, 2.45) is 11.3 Å². The monoisotopic (exact) mass is 487 g/mol. The predicted octanol–water partition coefficient (Wildman–Crippen LogP) is 5.06. The molecule has 0 unspecified atom stereocenters. The Balaban J connectivity index is 1.71. The first-order valence-corrected chi connectivity index (χ1v) is 13.9. The molecule has 0 spiro atoms. The van der Waals surface area contributed by atoms with Gasteiger partial charge in [-0.25, -0.2) is 4.79 Å². The van der Waals surface area contributed by atoms with Crippen LogP contribution in [0.4, 0.5) is 4.79 Å². The molecule has 35 heavy (non-hydrogen) atoms. The molecule has 6 nitrogen and oxygen atoms in total. The largest absolute Gasteiger partial charge is 0.385 e. The van der Waals surface area contributed by atoms with Gasteiger partial charge in [0.05, 0.1) is 5.60 Å². The number of methoxy groups -OCH3 is 1. The van der Waals surface area contributed by atoms with E-state index in [0.29, 0.717) is 25.5 Å². The lowest BCUT2D eigenvalue weighted by atomic mass is 9.63. The highest BCUT2D eigenvalue weighted by Gasteiger charge is 2.50. The quantitative estimate of drug-likeness (QED) is 0.360. The van der Waals surface area contributed by atoms with Crippen molar-refractivity contribution in [1.82, 2.24) is 15.5 Å². The van der Waals surface area contributed by atoms with Gasteiger partial charge in [-0.05, 0) is 57.1 Å². The summed E-state index contributed by atoms with van der Waals surface area (Å²) in [7, 11) is 3.68. The normalized spacial score (nSPS) is 24.1. The number of aliphatic hydroxyl groups is 1. The van der Waals surface area contributed by atoms with Crippen LogP contribution in [-0.2, 0) is 10.3 Å². The van der Waals surface area contributed by atoms with Crippen molar-refractivity contribution in [2.45, 2.75) is 89.2 Å². The third kappa shape index (κ3) is 7.43. The van der Waals surface area contributed by atoms with Crippen molar-refractivity contribution < 1.29 is 14.6 Å². The molecule has 3 N–H and O–H groups in total. The molecule has 0 aromatic heterocycles. The van der Waals surface area contributed by atoms with Crippen molar-refractivity contribution in [1.29, 1.82) is 0 Å². The number of hydrogen-bond acceptors (Lipinski definition) is 4. The number of benzene rings is 1. The number of likely N-dealkylation sites (N-methyl/N-ethyl adjacent to an activating group) is 1. The highest BCUT2D eigenvalue weighted by molar-refractivity contribution is 5.74. The van der Waals surface area contributed by atoms with Crippen molar-refractivity contribution >= 4 is 6.03 Å². The summed E-state index contributed by atoms with van der Waals surface area (Å²) in [6.45, 7) is 4.96. The Hall–Kier alpha value is -1.63. The van der Waals surface area contributed by atoms with Crippen LogP contribution in [-0.4, -0.2) is 62.5 Å². The van der Waals surface area contributed by atoms with Crippen LogP contribution in [0.25, 0.3) is 0 Å². The first-order chi connectivity index (χ1) is 16.9. The number of carbonyl (C=O) groups excluding carboxylic acids is 1. The first kappa shape index (κ1) is 27.9. The average Bonchev–Trinajstić information content (AvgIpc) is 2.87. The van der Waals surface area contributed by atoms with Gasteiger partial charge in [-0.3, -0.25) is 0 Å². The number of carbonyl (C=O) groups is 1. The lowest BCUT2D eigenvalue weighted by Crippen LogP contribution is -2.58. The van der Waals surface area contributed by atoms with E-state index in [4.69, 9.17) is 4.74 Å². The number of amides is 2. The number of nitrogens with zero attached hydrogens (tertiary/aromatic N) is 1. The van der Waals surface area contributed by atoms with Gasteiger partial charge in [0.1, 0.15) is 0 Å². The Kier molecular flexibility index (Phi) is 10.9. The van der Waals surface area contributed by atoms with Crippen molar-refractivity contribution in [2.75, 3.05) is 40.4 Å². The number of urea groups is 1. The van der Waals surface area contributed by atoms with Crippen LogP contribution >= 0.6 is 0 Å².